The lowest BCUT2D eigenvalue weighted by atomic mass is 10.1. The lowest BCUT2D eigenvalue weighted by Crippen LogP contribution is -2.36. The average molecular weight is 335 g/mol. The largest absolute Gasteiger partial charge is 0.355 e. The van der Waals surface area contributed by atoms with E-state index >= 15 is 0 Å². The Labute approximate surface area is 147 Å². The van der Waals surface area contributed by atoms with Crippen molar-refractivity contribution in [1.29, 1.82) is 0 Å². The van der Waals surface area contributed by atoms with Crippen molar-refractivity contribution >= 4 is 11.6 Å². The smallest absolute Gasteiger partial charge is 0.280 e. The molecule has 128 valence electrons. The van der Waals surface area contributed by atoms with Crippen LogP contribution in [-0.2, 0) is 0 Å². The minimum Gasteiger partial charge on any atom is -0.355 e. The van der Waals surface area contributed by atoms with Crippen LogP contribution >= 0.6 is 0 Å². The van der Waals surface area contributed by atoms with Crippen LogP contribution in [0.2, 0.25) is 0 Å². The first-order valence-corrected chi connectivity index (χ1v) is 8.19. The Bertz CT molecular complexity index is 813. The summed E-state index contributed by atoms with van der Waals surface area (Å²) in [5.41, 5.74) is 2.05. The molecule has 0 spiro atoms. The highest BCUT2D eigenvalue weighted by Gasteiger charge is 2.21. The number of rotatable bonds is 6. The fourth-order valence-electron chi connectivity index (χ4n) is 2.51. The van der Waals surface area contributed by atoms with Gasteiger partial charge in [-0.05, 0) is 26.2 Å². The quantitative estimate of drug-likeness (QED) is 0.691. The van der Waals surface area contributed by atoms with Crippen LogP contribution in [0.5, 0.6) is 0 Å². The Hall–Kier alpha value is -2.92. The summed E-state index contributed by atoms with van der Waals surface area (Å²) < 4.78 is 5.38. The summed E-state index contributed by atoms with van der Waals surface area (Å²) in [6.07, 6.45) is 0. The minimum atomic E-state index is -0.168. The first-order valence-electron chi connectivity index (χ1n) is 8.19. The normalized spacial score (nSPS) is 10.8. The lowest BCUT2D eigenvalue weighted by molar-refractivity contribution is 0.0976. The van der Waals surface area contributed by atoms with Gasteiger partial charge in [-0.1, -0.05) is 53.7 Å². The SMILES string of the molecule is CN(C)CCN(C(=O)c1cc(-c2ccccc2)on1)c1ccccc1. The second-order valence-corrected chi connectivity index (χ2v) is 6.04. The molecule has 0 aliphatic carbocycles. The van der Waals surface area contributed by atoms with Gasteiger partial charge in [0.25, 0.3) is 5.91 Å². The number of carbonyl (C=O) groups excluding carboxylic acids is 1. The zero-order valence-corrected chi connectivity index (χ0v) is 14.4. The van der Waals surface area contributed by atoms with E-state index in [1.54, 1.807) is 11.0 Å². The van der Waals surface area contributed by atoms with Crippen LogP contribution in [0.15, 0.2) is 71.3 Å². The van der Waals surface area contributed by atoms with Crippen molar-refractivity contribution in [3.8, 4) is 11.3 Å². The molecule has 0 fully saturated rings. The second-order valence-electron chi connectivity index (χ2n) is 6.04. The number of para-hydroxylation sites is 1. The Morgan fingerprint density at radius 3 is 2.24 bits per heavy atom. The zero-order valence-electron chi connectivity index (χ0n) is 14.4. The Morgan fingerprint density at radius 2 is 1.60 bits per heavy atom. The molecule has 0 radical (unpaired) electrons. The summed E-state index contributed by atoms with van der Waals surface area (Å²) in [5, 5.41) is 3.99. The number of anilines is 1. The molecule has 3 rings (SSSR count). The molecule has 2 aromatic carbocycles. The van der Waals surface area contributed by atoms with E-state index < -0.39 is 0 Å². The van der Waals surface area contributed by atoms with Gasteiger partial charge in [-0.15, -0.1) is 0 Å². The minimum absolute atomic E-state index is 0.168. The van der Waals surface area contributed by atoms with Crippen molar-refractivity contribution < 1.29 is 9.32 Å². The van der Waals surface area contributed by atoms with Crippen LogP contribution in [-0.4, -0.2) is 43.1 Å². The highest BCUT2D eigenvalue weighted by Crippen LogP contribution is 2.22. The number of benzene rings is 2. The van der Waals surface area contributed by atoms with Gasteiger partial charge < -0.3 is 14.3 Å². The summed E-state index contributed by atoms with van der Waals surface area (Å²) >= 11 is 0. The van der Waals surface area contributed by atoms with Gasteiger partial charge in [0.1, 0.15) is 0 Å². The van der Waals surface area contributed by atoms with Crippen LogP contribution in [0.1, 0.15) is 10.5 Å². The van der Waals surface area contributed by atoms with Crippen molar-refractivity contribution in [2.24, 2.45) is 0 Å². The molecular formula is C20H21N3O2. The van der Waals surface area contributed by atoms with Gasteiger partial charge in [-0.25, -0.2) is 0 Å². The third kappa shape index (κ3) is 4.14. The Morgan fingerprint density at radius 1 is 0.960 bits per heavy atom. The molecule has 3 aromatic rings. The first-order chi connectivity index (χ1) is 12.1. The number of nitrogens with zero attached hydrogens (tertiary/aromatic N) is 3. The summed E-state index contributed by atoms with van der Waals surface area (Å²) in [5.74, 6) is 0.420. The molecular weight excluding hydrogens is 314 g/mol. The number of likely N-dealkylation sites (N-methyl/N-ethyl adjacent to an activating group) is 1. The van der Waals surface area contributed by atoms with Crippen molar-refractivity contribution in [3.63, 3.8) is 0 Å². The van der Waals surface area contributed by atoms with E-state index in [-0.39, 0.29) is 5.91 Å². The molecule has 25 heavy (non-hydrogen) atoms. The van der Waals surface area contributed by atoms with Crippen LogP contribution in [0, 0.1) is 0 Å². The van der Waals surface area contributed by atoms with E-state index in [1.807, 2.05) is 79.7 Å². The third-order valence-electron chi connectivity index (χ3n) is 3.87. The average Bonchev–Trinajstić information content (AvgIpc) is 3.13. The lowest BCUT2D eigenvalue weighted by Gasteiger charge is -2.23. The van der Waals surface area contributed by atoms with Crippen molar-refractivity contribution in [2.45, 2.75) is 0 Å². The van der Waals surface area contributed by atoms with E-state index in [2.05, 4.69) is 5.16 Å². The molecule has 0 saturated carbocycles. The summed E-state index contributed by atoms with van der Waals surface area (Å²) in [4.78, 5) is 16.8. The van der Waals surface area contributed by atoms with Crippen LogP contribution in [0.4, 0.5) is 5.69 Å². The second kappa shape index (κ2) is 7.77. The maximum Gasteiger partial charge on any atom is 0.280 e. The molecule has 0 atom stereocenters. The third-order valence-corrected chi connectivity index (χ3v) is 3.87. The van der Waals surface area contributed by atoms with Gasteiger partial charge in [-0.3, -0.25) is 4.79 Å². The maximum atomic E-state index is 13.0. The van der Waals surface area contributed by atoms with Gasteiger partial charge in [0.05, 0.1) is 0 Å². The first kappa shape index (κ1) is 16.9. The molecule has 0 saturated heterocycles. The molecule has 0 aliphatic heterocycles. The van der Waals surface area contributed by atoms with Crippen molar-refractivity contribution in [3.05, 3.63) is 72.4 Å². The predicted octanol–water partition coefficient (Wildman–Crippen LogP) is 3.55. The Balaban J connectivity index is 1.86. The monoisotopic (exact) mass is 335 g/mol. The van der Waals surface area contributed by atoms with E-state index in [4.69, 9.17) is 4.52 Å². The number of aromatic nitrogens is 1. The maximum absolute atomic E-state index is 13.0. The van der Waals surface area contributed by atoms with Gasteiger partial charge in [-0.2, -0.15) is 0 Å². The van der Waals surface area contributed by atoms with Gasteiger partial charge in [0, 0.05) is 30.4 Å². The van der Waals surface area contributed by atoms with Crippen molar-refractivity contribution in [1.82, 2.24) is 10.1 Å². The molecule has 1 amide bonds. The van der Waals surface area contributed by atoms with Gasteiger partial charge in [0.2, 0.25) is 0 Å². The highest BCUT2D eigenvalue weighted by atomic mass is 16.5. The number of hydrogen-bond acceptors (Lipinski definition) is 4. The predicted molar refractivity (Wildman–Crippen MR) is 98.6 cm³/mol. The van der Waals surface area contributed by atoms with Crippen LogP contribution in [0.25, 0.3) is 11.3 Å². The molecule has 0 bridgehead atoms. The highest BCUT2D eigenvalue weighted by molar-refractivity contribution is 6.05. The summed E-state index contributed by atoms with van der Waals surface area (Å²) in [6, 6.07) is 20.9. The number of amides is 1. The van der Waals surface area contributed by atoms with E-state index in [0.29, 0.717) is 18.0 Å². The summed E-state index contributed by atoms with van der Waals surface area (Å²) in [6.45, 7) is 1.33. The topological polar surface area (TPSA) is 49.6 Å². The standard InChI is InChI=1S/C20H21N3O2/c1-22(2)13-14-23(17-11-7-4-8-12-17)20(24)18-15-19(25-21-18)16-9-5-3-6-10-16/h3-12,15H,13-14H2,1-2H3. The molecule has 0 N–H and O–H groups in total. The molecule has 1 heterocycles. The fraction of sp³-hybridized carbons (Fsp3) is 0.200. The fourth-order valence-corrected chi connectivity index (χ4v) is 2.51. The molecule has 0 aliphatic rings. The molecule has 0 unspecified atom stereocenters. The van der Waals surface area contributed by atoms with Crippen molar-refractivity contribution in [2.75, 3.05) is 32.1 Å². The molecule has 5 nitrogen and oxygen atoms in total. The van der Waals surface area contributed by atoms with Gasteiger partial charge >= 0.3 is 0 Å². The Kier molecular flexibility index (Phi) is 5.26. The van der Waals surface area contributed by atoms with Crippen LogP contribution < -0.4 is 4.90 Å². The van der Waals surface area contributed by atoms with E-state index in [9.17, 15) is 4.79 Å². The van der Waals surface area contributed by atoms with E-state index in [0.717, 1.165) is 17.8 Å². The van der Waals surface area contributed by atoms with E-state index in [1.165, 1.54) is 0 Å². The number of carbonyl (C=O) groups is 1. The summed E-state index contributed by atoms with van der Waals surface area (Å²) in [7, 11) is 3.97. The van der Waals surface area contributed by atoms with Gasteiger partial charge in [0.15, 0.2) is 11.5 Å². The molecule has 5 heteroatoms. The molecule has 1 aromatic heterocycles. The zero-order chi connectivity index (χ0) is 17.6. The van der Waals surface area contributed by atoms with Crippen LogP contribution in [0.3, 0.4) is 0 Å². The number of hydrogen-bond donors (Lipinski definition) is 0.